The monoisotopic (exact) mass is 262 g/mol. The zero-order valence-corrected chi connectivity index (χ0v) is 11.5. The van der Waals surface area contributed by atoms with E-state index in [-0.39, 0.29) is 6.61 Å². The lowest BCUT2D eigenvalue weighted by Crippen LogP contribution is -2.22. The molecule has 0 amide bonds. The minimum atomic E-state index is 0.271. The van der Waals surface area contributed by atoms with Gasteiger partial charge in [0.05, 0.1) is 0 Å². The molecule has 1 atom stereocenters. The molecule has 1 aromatic rings. The van der Waals surface area contributed by atoms with Crippen LogP contribution in [0, 0.1) is 12.8 Å². The van der Waals surface area contributed by atoms with Crippen molar-refractivity contribution in [1.29, 1.82) is 0 Å². The number of nitrogens with zero attached hydrogens (tertiary/aromatic N) is 3. The van der Waals surface area contributed by atoms with Gasteiger partial charge in [-0.05, 0) is 25.7 Å². The number of hydrogen-bond acceptors (Lipinski definition) is 5. The summed E-state index contributed by atoms with van der Waals surface area (Å²) in [4.78, 5) is 11.1. The average molecular weight is 262 g/mol. The Labute approximate surface area is 114 Å². The summed E-state index contributed by atoms with van der Waals surface area (Å²) in [7, 11) is 0. The summed E-state index contributed by atoms with van der Waals surface area (Å²) < 4.78 is 0. The van der Waals surface area contributed by atoms with Crippen molar-refractivity contribution in [2.24, 2.45) is 5.92 Å². The first-order valence-electron chi connectivity index (χ1n) is 6.79. The summed E-state index contributed by atoms with van der Waals surface area (Å²) in [5, 5.41) is 12.2. The van der Waals surface area contributed by atoms with E-state index in [1.165, 1.54) is 0 Å². The van der Waals surface area contributed by atoms with Crippen LogP contribution in [0.25, 0.3) is 0 Å². The molecular weight excluding hydrogens is 240 g/mol. The maximum atomic E-state index is 9.01. The van der Waals surface area contributed by atoms with Gasteiger partial charge in [0.25, 0.3) is 0 Å². The third-order valence-corrected chi connectivity index (χ3v) is 3.40. The van der Waals surface area contributed by atoms with Gasteiger partial charge in [0, 0.05) is 32.3 Å². The highest BCUT2D eigenvalue weighted by Gasteiger charge is 2.23. The van der Waals surface area contributed by atoms with Crippen molar-refractivity contribution in [2.45, 2.75) is 19.8 Å². The van der Waals surface area contributed by atoms with Crippen LogP contribution in [0.4, 0.5) is 11.6 Å². The summed E-state index contributed by atoms with van der Waals surface area (Å²) >= 11 is 0. The Morgan fingerprint density at radius 3 is 3.16 bits per heavy atom. The van der Waals surface area contributed by atoms with Crippen molar-refractivity contribution in [1.82, 2.24) is 9.97 Å². The Hall–Kier alpha value is -1.62. The second kappa shape index (κ2) is 6.52. The van der Waals surface area contributed by atoms with Gasteiger partial charge in [-0.25, -0.2) is 9.97 Å². The standard InChI is InChI=1S/C14H22N4O/c1-3-6-15-13-9-14(17-11(2)16-13)18-7-4-12(10-18)5-8-19/h3,9,12,19H,1,4-8,10H2,2H3,(H,15,16,17). The molecule has 0 bridgehead atoms. The van der Waals surface area contributed by atoms with E-state index in [0.29, 0.717) is 12.5 Å². The molecule has 1 aliphatic rings. The Kier molecular flexibility index (Phi) is 4.74. The van der Waals surface area contributed by atoms with E-state index in [1.54, 1.807) is 0 Å². The van der Waals surface area contributed by atoms with Crippen LogP contribution >= 0.6 is 0 Å². The first-order valence-corrected chi connectivity index (χ1v) is 6.79. The molecule has 1 aromatic heterocycles. The van der Waals surface area contributed by atoms with Gasteiger partial charge in [-0.15, -0.1) is 6.58 Å². The number of aryl methyl sites for hydroxylation is 1. The third-order valence-electron chi connectivity index (χ3n) is 3.40. The lowest BCUT2D eigenvalue weighted by molar-refractivity contribution is 0.263. The maximum absolute atomic E-state index is 9.01. The Bertz CT molecular complexity index is 435. The first-order chi connectivity index (χ1) is 9.22. The van der Waals surface area contributed by atoms with E-state index < -0.39 is 0 Å². The van der Waals surface area contributed by atoms with Gasteiger partial charge in [-0.3, -0.25) is 0 Å². The van der Waals surface area contributed by atoms with E-state index in [1.807, 2.05) is 19.1 Å². The molecule has 104 valence electrons. The predicted molar refractivity (Wildman–Crippen MR) is 77.5 cm³/mol. The van der Waals surface area contributed by atoms with Crippen molar-refractivity contribution >= 4 is 11.6 Å². The zero-order valence-electron chi connectivity index (χ0n) is 11.5. The molecule has 1 saturated heterocycles. The van der Waals surface area contributed by atoms with Crippen LogP contribution in [0.3, 0.4) is 0 Å². The summed E-state index contributed by atoms with van der Waals surface area (Å²) in [5.74, 6) is 3.16. The molecule has 0 saturated carbocycles. The largest absolute Gasteiger partial charge is 0.396 e. The molecule has 0 aromatic carbocycles. The summed E-state index contributed by atoms with van der Waals surface area (Å²) in [6.45, 7) is 8.54. The van der Waals surface area contributed by atoms with Gasteiger partial charge in [-0.2, -0.15) is 0 Å². The molecular formula is C14H22N4O. The van der Waals surface area contributed by atoms with E-state index in [4.69, 9.17) is 5.11 Å². The highest BCUT2D eigenvalue weighted by atomic mass is 16.3. The van der Waals surface area contributed by atoms with Gasteiger partial charge >= 0.3 is 0 Å². The Morgan fingerprint density at radius 1 is 1.58 bits per heavy atom. The van der Waals surface area contributed by atoms with Crippen molar-refractivity contribution in [3.8, 4) is 0 Å². The molecule has 1 aliphatic heterocycles. The van der Waals surface area contributed by atoms with Gasteiger partial charge in [0.2, 0.25) is 0 Å². The normalized spacial score (nSPS) is 18.6. The van der Waals surface area contributed by atoms with Gasteiger partial charge < -0.3 is 15.3 Å². The maximum Gasteiger partial charge on any atom is 0.134 e. The van der Waals surface area contributed by atoms with Gasteiger partial charge in [0.1, 0.15) is 17.5 Å². The lowest BCUT2D eigenvalue weighted by atomic mass is 10.1. The highest BCUT2D eigenvalue weighted by molar-refractivity contribution is 5.50. The van der Waals surface area contributed by atoms with E-state index in [9.17, 15) is 0 Å². The molecule has 19 heavy (non-hydrogen) atoms. The quantitative estimate of drug-likeness (QED) is 0.762. The summed E-state index contributed by atoms with van der Waals surface area (Å²) in [5.41, 5.74) is 0. The molecule has 0 radical (unpaired) electrons. The fraction of sp³-hybridized carbons (Fsp3) is 0.571. The molecule has 0 aliphatic carbocycles. The van der Waals surface area contributed by atoms with Crippen LogP contribution in [0.5, 0.6) is 0 Å². The van der Waals surface area contributed by atoms with E-state index >= 15 is 0 Å². The SMILES string of the molecule is C=CCNc1cc(N2CCC(CCO)C2)nc(C)n1. The second-order valence-corrected chi connectivity index (χ2v) is 4.94. The van der Waals surface area contributed by atoms with E-state index in [0.717, 1.165) is 43.4 Å². The van der Waals surface area contributed by atoms with Crippen LogP contribution in [0.15, 0.2) is 18.7 Å². The predicted octanol–water partition coefficient (Wildman–Crippen LogP) is 1.59. The molecule has 5 nitrogen and oxygen atoms in total. The third kappa shape index (κ3) is 3.67. The van der Waals surface area contributed by atoms with Crippen LogP contribution in [-0.4, -0.2) is 41.3 Å². The number of aromatic nitrogens is 2. The van der Waals surface area contributed by atoms with Crippen molar-refractivity contribution in [3.05, 3.63) is 24.5 Å². The topological polar surface area (TPSA) is 61.3 Å². The van der Waals surface area contributed by atoms with Crippen molar-refractivity contribution in [2.75, 3.05) is 36.5 Å². The van der Waals surface area contributed by atoms with Crippen molar-refractivity contribution in [3.63, 3.8) is 0 Å². The van der Waals surface area contributed by atoms with E-state index in [2.05, 4.69) is 26.8 Å². The summed E-state index contributed by atoms with van der Waals surface area (Å²) in [6, 6.07) is 1.98. The fourth-order valence-corrected chi connectivity index (χ4v) is 2.44. The first kappa shape index (κ1) is 13.8. The number of anilines is 2. The van der Waals surface area contributed by atoms with Gasteiger partial charge in [0.15, 0.2) is 0 Å². The Balaban J connectivity index is 2.07. The number of nitrogens with one attached hydrogen (secondary N) is 1. The van der Waals surface area contributed by atoms with Crippen molar-refractivity contribution < 1.29 is 5.11 Å². The van der Waals surface area contributed by atoms with Gasteiger partial charge in [-0.1, -0.05) is 6.08 Å². The summed E-state index contributed by atoms with van der Waals surface area (Å²) in [6.07, 6.45) is 3.81. The van der Waals surface area contributed by atoms with Crippen LogP contribution < -0.4 is 10.2 Å². The number of aliphatic hydroxyl groups is 1. The fourth-order valence-electron chi connectivity index (χ4n) is 2.44. The molecule has 0 spiro atoms. The molecule has 5 heteroatoms. The molecule has 2 rings (SSSR count). The number of hydrogen-bond donors (Lipinski definition) is 2. The minimum absolute atomic E-state index is 0.271. The molecule has 2 heterocycles. The molecule has 1 unspecified atom stereocenters. The molecule has 1 fully saturated rings. The minimum Gasteiger partial charge on any atom is -0.396 e. The average Bonchev–Trinajstić information content (AvgIpc) is 2.85. The molecule has 2 N–H and O–H groups in total. The van der Waals surface area contributed by atoms with Crippen LogP contribution in [0.1, 0.15) is 18.7 Å². The number of aliphatic hydroxyl groups excluding tert-OH is 1. The Morgan fingerprint density at radius 2 is 2.42 bits per heavy atom. The second-order valence-electron chi connectivity index (χ2n) is 4.94. The lowest BCUT2D eigenvalue weighted by Gasteiger charge is -2.18. The zero-order chi connectivity index (χ0) is 13.7. The van der Waals surface area contributed by atoms with Crippen LogP contribution in [0.2, 0.25) is 0 Å². The smallest absolute Gasteiger partial charge is 0.134 e. The highest BCUT2D eigenvalue weighted by Crippen LogP contribution is 2.25. The van der Waals surface area contributed by atoms with Crippen LogP contribution in [-0.2, 0) is 0 Å². The number of rotatable bonds is 6.